The van der Waals surface area contributed by atoms with Gasteiger partial charge in [0.2, 0.25) is 5.91 Å². The van der Waals surface area contributed by atoms with E-state index in [0.29, 0.717) is 6.54 Å². The second-order valence-corrected chi connectivity index (χ2v) is 3.88. The molecule has 0 saturated carbocycles. The van der Waals surface area contributed by atoms with E-state index in [2.05, 4.69) is 31.3 Å². The predicted octanol–water partition coefficient (Wildman–Crippen LogP) is 1.27. The van der Waals surface area contributed by atoms with Gasteiger partial charge in [-0.05, 0) is 37.5 Å². The third-order valence-electron chi connectivity index (χ3n) is 2.66. The number of aryl methyl sites for hydroxylation is 2. The number of nitrogens with two attached hydrogens (primary N) is 1. The van der Waals surface area contributed by atoms with Crippen molar-refractivity contribution in [2.75, 3.05) is 0 Å². The van der Waals surface area contributed by atoms with Crippen LogP contribution in [-0.2, 0) is 11.3 Å². The predicted molar refractivity (Wildman–Crippen MR) is 61.4 cm³/mol. The van der Waals surface area contributed by atoms with Gasteiger partial charge in [0.05, 0.1) is 6.04 Å². The Labute approximate surface area is 90.7 Å². The number of hydrogen-bond acceptors (Lipinski definition) is 2. The van der Waals surface area contributed by atoms with Crippen molar-refractivity contribution < 1.29 is 4.79 Å². The molecule has 3 N–H and O–H groups in total. The van der Waals surface area contributed by atoms with Crippen molar-refractivity contribution in [2.45, 2.75) is 33.4 Å². The maximum atomic E-state index is 10.9. The largest absolute Gasteiger partial charge is 0.368 e. The smallest absolute Gasteiger partial charge is 0.234 e. The molecular formula is C12H18N2O. The summed E-state index contributed by atoms with van der Waals surface area (Å²) in [6.07, 6.45) is 0. The van der Waals surface area contributed by atoms with Crippen molar-refractivity contribution in [3.8, 4) is 0 Å². The average molecular weight is 206 g/mol. The zero-order valence-electron chi connectivity index (χ0n) is 9.50. The van der Waals surface area contributed by atoms with Gasteiger partial charge in [-0.15, -0.1) is 0 Å². The quantitative estimate of drug-likeness (QED) is 0.779. The maximum Gasteiger partial charge on any atom is 0.234 e. The van der Waals surface area contributed by atoms with Crippen LogP contribution in [0.1, 0.15) is 23.6 Å². The van der Waals surface area contributed by atoms with Crippen molar-refractivity contribution in [3.05, 3.63) is 34.9 Å². The van der Waals surface area contributed by atoms with Crippen molar-refractivity contribution in [3.63, 3.8) is 0 Å². The molecule has 1 atom stereocenters. The van der Waals surface area contributed by atoms with Crippen molar-refractivity contribution in [1.82, 2.24) is 5.32 Å². The first-order valence-corrected chi connectivity index (χ1v) is 5.10. The number of nitrogens with one attached hydrogen (secondary N) is 1. The minimum Gasteiger partial charge on any atom is -0.368 e. The Bertz CT molecular complexity index is 340. The van der Waals surface area contributed by atoms with Crippen LogP contribution in [0.4, 0.5) is 0 Å². The summed E-state index contributed by atoms with van der Waals surface area (Å²) in [4.78, 5) is 10.9. The third kappa shape index (κ3) is 3.06. The van der Waals surface area contributed by atoms with Crippen molar-refractivity contribution in [2.24, 2.45) is 5.73 Å². The molecule has 0 bridgehead atoms. The van der Waals surface area contributed by atoms with E-state index >= 15 is 0 Å². The molecule has 0 spiro atoms. The number of rotatable bonds is 4. The Balaban J connectivity index is 2.69. The molecule has 15 heavy (non-hydrogen) atoms. The average Bonchev–Trinajstić information content (AvgIpc) is 2.16. The van der Waals surface area contributed by atoms with E-state index in [-0.39, 0.29) is 11.9 Å². The molecule has 0 heterocycles. The third-order valence-corrected chi connectivity index (χ3v) is 2.66. The van der Waals surface area contributed by atoms with Gasteiger partial charge in [-0.25, -0.2) is 0 Å². The Morgan fingerprint density at radius 2 is 1.93 bits per heavy atom. The fourth-order valence-corrected chi connectivity index (χ4v) is 1.48. The van der Waals surface area contributed by atoms with Crippen LogP contribution in [0.3, 0.4) is 0 Å². The zero-order valence-corrected chi connectivity index (χ0v) is 9.50. The van der Waals surface area contributed by atoms with Gasteiger partial charge in [-0.1, -0.05) is 18.2 Å². The standard InChI is InChI=1S/C12H18N2O/c1-8-5-4-6-9(2)11(8)7-14-10(3)12(13)15/h4-6,10,14H,7H2,1-3H3,(H2,13,15). The summed E-state index contributed by atoms with van der Waals surface area (Å²) in [5, 5.41) is 3.11. The summed E-state index contributed by atoms with van der Waals surface area (Å²) in [7, 11) is 0. The lowest BCUT2D eigenvalue weighted by Gasteiger charge is -2.13. The number of carbonyl (C=O) groups excluding carboxylic acids is 1. The molecule has 0 fully saturated rings. The second kappa shape index (κ2) is 4.94. The first-order valence-electron chi connectivity index (χ1n) is 5.10. The van der Waals surface area contributed by atoms with Gasteiger partial charge in [0, 0.05) is 6.54 Å². The summed E-state index contributed by atoms with van der Waals surface area (Å²) in [6, 6.07) is 5.88. The number of benzene rings is 1. The highest BCUT2D eigenvalue weighted by molar-refractivity contribution is 5.79. The fourth-order valence-electron chi connectivity index (χ4n) is 1.48. The summed E-state index contributed by atoms with van der Waals surface area (Å²) < 4.78 is 0. The van der Waals surface area contributed by atoms with E-state index in [1.807, 2.05) is 6.07 Å². The minimum atomic E-state index is -0.318. The molecule has 0 aliphatic rings. The molecule has 1 aromatic rings. The van der Waals surface area contributed by atoms with E-state index in [0.717, 1.165) is 0 Å². The summed E-state index contributed by atoms with van der Waals surface area (Å²) in [6.45, 7) is 6.59. The highest BCUT2D eigenvalue weighted by Crippen LogP contribution is 2.12. The Hall–Kier alpha value is -1.35. The van der Waals surface area contributed by atoms with Crippen LogP contribution in [-0.4, -0.2) is 11.9 Å². The van der Waals surface area contributed by atoms with Gasteiger partial charge in [0.15, 0.2) is 0 Å². The van der Waals surface area contributed by atoms with Gasteiger partial charge in [-0.2, -0.15) is 0 Å². The molecule has 1 rings (SSSR count). The van der Waals surface area contributed by atoms with Crippen LogP contribution in [0.2, 0.25) is 0 Å². The Kier molecular flexibility index (Phi) is 3.86. The number of carbonyl (C=O) groups is 1. The molecule has 0 aliphatic carbocycles. The molecule has 1 aromatic carbocycles. The van der Waals surface area contributed by atoms with Gasteiger partial charge in [-0.3, -0.25) is 4.79 Å². The summed E-state index contributed by atoms with van der Waals surface area (Å²) in [5.74, 6) is -0.318. The van der Waals surface area contributed by atoms with E-state index in [1.54, 1.807) is 6.92 Å². The number of primary amides is 1. The lowest BCUT2D eigenvalue weighted by molar-refractivity contribution is -0.119. The SMILES string of the molecule is Cc1cccc(C)c1CNC(C)C(N)=O. The molecule has 82 valence electrons. The molecule has 1 unspecified atom stereocenters. The molecule has 0 saturated heterocycles. The van der Waals surface area contributed by atoms with E-state index in [4.69, 9.17) is 5.73 Å². The molecule has 3 heteroatoms. The van der Waals surface area contributed by atoms with Gasteiger partial charge in [0.25, 0.3) is 0 Å². The van der Waals surface area contributed by atoms with Crippen LogP contribution >= 0.6 is 0 Å². The van der Waals surface area contributed by atoms with E-state index < -0.39 is 0 Å². The van der Waals surface area contributed by atoms with Crippen LogP contribution in [0, 0.1) is 13.8 Å². The van der Waals surface area contributed by atoms with Crippen LogP contribution in [0.15, 0.2) is 18.2 Å². The molecular weight excluding hydrogens is 188 g/mol. The maximum absolute atomic E-state index is 10.9. The Morgan fingerprint density at radius 1 is 1.40 bits per heavy atom. The summed E-state index contributed by atoms with van der Waals surface area (Å²) >= 11 is 0. The minimum absolute atomic E-state index is 0.288. The van der Waals surface area contributed by atoms with Crippen LogP contribution < -0.4 is 11.1 Å². The summed E-state index contributed by atoms with van der Waals surface area (Å²) in [5.41, 5.74) is 8.89. The van der Waals surface area contributed by atoms with Gasteiger partial charge >= 0.3 is 0 Å². The fraction of sp³-hybridized carbons (Fsp3) is 0.417. The van der Waals surface area contributed by atoms with Crippen molar-refractivity contribution >= 4 is 5.91 Å². The number of hydrogen-bond donors (Lipinski definition) is 2. The highest BCUT2D eigenvalue weighted by Gasteiger charge is 2.08. The second-order valence-electron chi connectivity index (χ2n) is 3.88. The molecule has 1 amide bonds. The monoisotopic (exact) mass is 206 g/mol. The highest BCUT2D eigenvalue weighted by atomic mass is 16.1. The number of amides is 1. The molecule has 0 aliphatic heterocycles. The van der Waals surface area contributed by atoms with Crippen LogP contribution in [0.5, 0.6) is 0 Å². The molecule has 0 aromatic heterocycles. The van der Waals surface area contributed by atoms with Gasteiger partial charge < -0.3 is 11.1 Å². The zero-order chi connectivity index (χ0) is 11.4. The van der Waals surface area contributed by atoms with Crippen LogP contribution in [0.25, 0.3) is 0 Å². The molecule has 3 nitrogen and oxygen atoms in total. The van der Waals surface area contributed by atoms with E-state index in [9.17, 15) is 4.79 Å². The first-order chi connectivity index (χ1) is 7.02. The topological polar surface area (TPSA) is 55.1 Å². The normalized spacial score (nSPS) is 12.5. The lowest BCUT2D eigenvalue weighted by atomic mass is 10.0. The Morgan fingerprint density at radius 3 is 2.40 bits per heavy atom. The molecule has 0 radical (unpaired) electrons. The lowest BCUT2D eigenvalue weighted by Crippen LogP contribution is -2.38. The van der Waals surface area contributed by atoms with Crippen molar-refractivity contribution in [1.29, 1.82) is 0 Å². The first kappa shape index (κ1) is 11.7. The van der Waals surface area contributed by atoms with Gasteiger partial charge in [0.1, 0.15) is 0 Å². The van der Waals surface area contributed by atoms with E-state index in [1.165, 1.54) is 16.7 Å².